The quantitative estimate of drug-likeness (QED) is 0.638. The standard InChI is InChI=1S/C18H27NO3/c1-5-11-19(15(3)4)13-16(20)14-22-18-10-8-7-9-17(18)21-12-6-2/h5-10,15-16,20H,1-2,11-14H2,3-4H3. The molecule has 0 aliphatic carbocycles. The molecule has 0 aliphatic heterocycles. The minimum atomic E-state index is -0.574. The Bertz CT molecular complexity index is 459. The van der Waals surface area contributed by atoms with Crippen LogP contribution < -0.4 is 9.47 Å². The van der Waals surface area contributed by atoms with Gasteiger partial charge in [-0.1, -0.05) is 30.9 Å². The average molecular weight is 305 g/mol. The van der Waals surface area contributed by atoms with Gasteiger partial charge in [-0.2, -0.15) is 0 Å². The first kappa shape index (κ1) is 18.3. The molecule has 0 aliphatic rings. The van der Waals surface area contributed by atoms with Crippen molar-refractivity contribution in [3.63, 3.8) is 0 Å². The molecular formula is C18H27NO3. The molecular weight excluding hydrogens is 278 g/mol. The van der Waals surface area contributed by atoms with Crippen LogP contribution in [0.2, 0.25) is 0 Å². The lowest BCUT2D eigenvalue weighted by Crippen LogP contribution is -2.39. The molecule has 122 valence electrons. The molecule has 1 N–H and O–H groups in total. The topological polar surface area (TPSA) is 41.9 Å². The van der Waals surface area contributed by atoms with Crippen molar-refractivity contribution >= 4 is 0 Å². The summed E-state index contributed by atoms with van der Waals surface area (Å²) < 4.78 is 11.2. The van der Waals surface area contributed by atoms with E-state index in [-0.39, 0.29) is 6.61 Å². The number of benzene rings is 1. The fourth-order valence-electron chi connectivity index (χ4n) is 2.01. The molecule has 22 heavy (non-hydrogen) atoms. The highest BCUT2D eigenvalue weighted by molar-refractivity contribution is 5.39. The van der Waals surface area contributed by atoms with Crippen molar-refractivity contribution in [3.8, 4) is 11.5 Å². The number of rotatable bonds is 11. The molecule has 1 aromatic rings. The van der Waals surface area contributed by atoms with Crippen molar-refractivity contribution in [1.82, 2.24) is 4.90 Å². The fourth-order valence-corrected chi connectivity index (χ4v) is 2.01. The third-order valence-corrected chi connectivity index (χ3v) is 3.18. The Morgan fingerprint density at radius 2 is 1.77 bits per heavy atom. The molecule has 0 amide bonds. The lowest BCUT2D eigenvalue weighted by molar-refractivity contribution is 0.0612. The van der Waals surface area contributed by atoms with Gasteiger partial charge in [-0.05, 0) is 26.0 Å². The van der Waals surface area contributed by atoms with Crippen LogP contribution in [0.25, 0.3) is 0 Å². The lowest BCUT2D eigenvalue weighted by atomic mass is 10.2. The second kappa shape index (κ2) is 10.0. The molecule has 0 heterocycles. The predicted molar refractivity (Wildman–Crippen MR) is 90.5 cm³/mol. The SMILES string of the molecule is C=CCOc1ccccc1OCC(O)CN(CC=C)C(C)C. The summed E-state index contributed by atoms with van der Waals surface area (Å²) in [5, 5.41) is 10.2. The summed E-state index contributed by atoms with van der Waals surface area (Å²) in [7, 11) is 0. The Balaban J connectivity index is 2.54. The van der Waals surface area contributed by atoms with Gasteiger partial charge in [-0.25, -0.2) is 0 Å². The molecule has 0 saturated carbocycles. The third kappa shape index (κ3) is 6.33. The van der Waals surface area contributed by atoms with Crippen LogP contribution in [0.4, 0.5) is 0 Å². The first-order valence-corrected chi connectivity index (χ1v) is 7.57. The zero-order chi connectivity index (χ0) is 16.4. The zero-order valence-electron chi connectivity index (χ0n) is 13.6. The van der Waals surface area contributed by atoms with E-state index in [1.165, 1.54) is 0 Å². The summed E-state index contributed by atoms with van der Waals surface area (Å²) in [4.78, 5) is 2.14. The van der Waals surface area contributed by atoms with E-state index in [1.54, 1.807) is 6.08 Å². The minimum absolute atomic E-state index is 0.217. The molecule has 0 spiro atoms. The van der Waals surface area contributed by atoms with E-state index in [2.05, 4.69) is 31.9 Å². The van der Waals surface area contributed by atoms with E-state index >= 15 is 0 Å². The fraction of sp³-hybridized carbons (Fsp3) is 0.444. The van der Waals surface area contributed by atoms with Gasteiger partial charge in [0.1, 0.15) is 19.3 Å². The van der Waals surface area contributed by atoms with E-state index in [0.717, 1.165) is 6.54 Å². The number of nitrogens with zero attached hydrogens (tertiary/aromatic N) is 1. The van der Waals surface area contributed by atoms with Gasteiger partial charge in [0.2, 0.25) is 0 Å². The van der Waals surface area contributed by atoms with Gasteiger partial charge in [0.15, 0.2) is 11.5 Å². The molecule has 1 aromatic carbocycles. The Morgan fingerprint density at radius 3 is 2.32 bits per heavy atom. The van der Waals surface area contributed by atoms with Gasteiger partial charge < -0.3 is 14.6 Å². The third-order valence-electron chi connectivity index (χ3n) is 3.18. The van der Waals surface area contributed by atoms with Crippen LogP contribution in [0.1, 0.15) is 13.8 Å². The molecule has 4 nitrogen and oxygen atoms in total. The van der Waals surface area contributed by atoms with E-state index in [1.807, 2.05) is 30.3 Å². The highest BCUT2D eigenvalue weighted by atomic mass is 16.5. The molecule has 0 fully saturated rings. The minimum Gasteiger partial charge on any atom is -0.487 e. The number of aliphatic hydroxyl groups excluding tert-OH is 1. The summed E-state index contributed by atoms with van der Waals surface area (Å²) in [6.07, 6.45) is 2.95. The maximum absolute atomic E-state index is 10.2. The van der Waals surface area contributed by atoms with Crippen molar-refractivity contribution in [2.75, 3.05) is 26.3 Å². The maximum Gasteiger partial charge on any atom is 0.161 e. The van der Waals surface area contributed by atoms with Crippen LogP contribution in [0.5, 0.6) is 11.5 Å². The van der Waals surface area contributed by atoms with Crippen molar-refractivity contribution in [1.29, 1.82) is 0 Å². The first-order chi connectivity index (χ1) is 10.6. The molecule has 1 atom stereocenters. The van der Waals surface area contributed by atoms with Gasteiger partial charge in [0.25, 0.3) is 0 Å². The molecule has 1 unspecified atom stereocenters. The monoisotopic (exact) mass is 305 g/mol. The van der Waals surface area contributed by atoms with Crippen LogP contribution in [0.15, 0.2) is 49.6 Å². The van der Waals surface area contributed by atoms with E-state index in [0.29, 0.717) is 30.7 Å². The summed E-state index contributed by atoms with van der Waals surface area (Å²) in [5.41, 5.74) is 0. The van der Waals surface area contributed by atoms with Gasteiger partial charge in [-0.3, -0.25) is 4.90 Å². The van der Waals surface area contributed by atoms with Crippen LogP contribution in [-0.4, -0.2) is 48.5 Å². The van der Waals surface area contributed by atoms with Crippen LogP contribution in [0.3, 0.4) is 0 Å². The van der Waals surface area contributed by atoms with E-state index in [9.17, 15) is 5.11 Å². The van der Waals surface area contributed by atoms with Crippen molar-refractivity contribution in [2.24, 2.45) is 0 Å². The van der Waals surface area contributed by atoms with Gasteiger partial charge in [-0.15, -0.1) is 6.58 Å². The summed E-state index contributed by atoms with van der Waals surface area (Å²) in [5.74, 6) is 1.28. The largest absolute Gasteiger partial charge is 0.487 e. The average Bonchev–Trinajstić information content (AvgIpc) is 2.51. The Hall–Kier alpha value is -1.78. The van der Waals surface area contributed by atoms with E-state index in [4.69, 9.17) is 9.47 Å². The smallest absolute Gasteiger partial charge is 0.161 e. The normalized spacial score (nSPS) is 12.2. The Kier molecular flexibility index (Phi) is 8.33. The number of aliphatic hydroxyl groups is 1. The van der Waals surface area contributed by atoms with Crippen LogP contribution >= 0.6 is 0 Å². The second-order valence-electron chi connectivity index (χ2n) is 5.35. The van der Waals surface area contributed by atoms with Crippen LogP contribution in [0, 0.1) is 0 Å². The van der Waals surface area contributed by atoms with E-state index < -0.39 is 6.10 Å². The summed E-state index contributed by atoms with van der Waals surface area (Å²) >= 11 is 0. The van der Waals surface area contributed by atoms with Crippen molar-refractivity contribution in [3.05, 3.63) is 49.6 Å². The van der Waals surface area contributed by atoms with Gasteiger partial charge in [0, 0.05) is 19.1 Å². The lowest BCUT2D eigenvalue weighted by Gasteiger charge is -2.27. The van der Waals surface area contributed by atoms with Gasteiger partial charge >= 0.3 is 0 Å². The molecule has 0 saturated heterocycles. The second-order valence-corrected chi connectivity index (χ2v) is 5.35. The first-order valence-electron chi connectivity index (χ1n) is 7.57. The predicted octanol–water partition coefficient (Wildman–Crippen LogP) is 2.89. The maximum atomic E-state index is 10.2. The molecule has 4 heteroatoms. The number of para-hydroxylation sites is 2. The molecule has 0 radical (unpaired) electrons. The Labute approximate surface area is 133 Å². The van der Waals surface area contributed by atoms with Crippen molar-refractivity contribution in [2.45, 2.75) is 26.0 Å². The highest BCUT2D eigenvalue weighted by Gasteiger charge is 2.15. The van der Waals surface area contributed by atoms with Gasteiger partial charge in [0.05, 0.1) is 0 Å². The van der Waals surface area contributed by atoms with Crippen molar-refractivity contribution < 1.29 is 14.6 Å². The molecule has 1 rings (SSSR count). The highest BCUT2D eigenvalue weighted by Crippen LogP contribution is 2.26. The number of hydrogen-bond acceptors (Lipinski definition) is 4. The zero-order valence-corrected chi connectivity index (χ0v) is 13.6. The summed E-state index contributed by atoms with van der Waals surface area (Å²) in [6, 6.07) is 7.77. The Morgan fingerprint density at radius 1 is 1.14 bits per heavy atom. The molecule has 0 aromatic heterocycles. The molecule has 0 bridgehead atoms. The van der Waals surface area contributed by atoms with Crippen LogP contribution in [-0.2, 0) is 0 Å². The number of ether oxygens (including phenoxy) is 2. The summed E-state index contributed by atoms with van der Waals surface area (Å²) in [6.45, 7) is 13.5. The number of hydrogen-bond donors (Lipinski definition) is 1.